The number of carboxylic acid groups (broad SMARTS) is 1. The lowest BCUT2D eigenvalue weighted by atomic mass is 10.1. The van der Waals surface area contributed by atoms with E-state index >= 15 is 0 Å². The van der Waals surface area contributed by atoms with E-state index in [4.69, 9.17) is 16.7 Å². The van der Waals surface area contributed by atoms with Crippen molar-refractivity contribution in [2.45, 2.75) is 6.42 Å². The van der Waals surface area contributed by atoms with E-state index in [-0.39, 0.29) is 5.92 Å². The van der Waals surface area contributed by atoms with E-state index in [1.165, 1.54) is 0 Å². The number of rotatable bonds is 2. The molecule has 1 aliphatic heterocycles. The molecule has 19 heavy (non-hydrogen) atoms. The number of carbonyl (C=O) groups is 1. The minimum absolute atomic E-state index is 0.282. The summed E-state index contributed by atoms with van der Waals surface area (Å²) < 4.78 is 0. The summed E-state index contributed by atoms with van der Waals surface area (Å²) >= 11 is 5.96. The van der Waals surface area contributed by atoms with Crippen LogP contribution in [0.2, 0.25) is 5.02 Å². The number of halogens is 1. The van der Waals surface area contributed by atoms with Gasteiger partial charge in [0.15, 0.2) is 0 Å². The quantitative estimate of drug-likeness (QED) is 0.916. The fraction of sp³-hybridized carbons (Fsp3) is 0.286. The van der Waals surface area contributed by atoms with E-state index in [9.17, 15) is 4.79 Å². The molecule has 1 atom stereocenters. The van der Waals surface area contributed by atoms with Crippen molar-refractivity contribution in [1.82, 2.24) is 4.98 Å². The van der Waals surface area contributed by atoms with Crippen molar-refractivity contribution in [2.24, 2.45) is 5.92 Å². The zero-order valence-electron chi connectivity index (χ0n) is 10.2. The van der Waals surface area contributed by atoms with Crippen molar-refractivity contribution >= 4 is 34.2 Å². The van der Waals surface area contributed by atoms with Gasteiger partial charge in [0.05, 0.1) is 11.4 Å². The molecule has 1 N–H and O–H groups in total. The first-order chi connectivity index (χ1) is 9.15. The van der Waals surface area contributed by atoms with Gasteiger partial charge < -0.3 is 10.0 Å². The monoisotopic (exact) mass is 276 g/mol. The number of hydrogen-bond donors (Lipinski definition) is 1. The van der Waals surface area contributed by atoms with Crippen LogP contribution < -0.4 is 4.90 Å². The van der Waals surface area contributed by atoms with E-state index in [0.717, 1.165) is 23.1 Å². The molecule has 1 aliphatic rings. The number of pyridine rings is 1. The van der Waals surface area contributed by atoms with E-state index < -0.39 is 5.97 Å². The van der Waals surface area contributed by atoms with Crippen LogP contribution in [0, 0.1) is 5.92 Å². The second kappa shape index (κ2) is 4.70. The SMILES string of the molecule is O=C(O)C1CCN(c2ccnc3cc(Cl)ccc23)C1. The molecule has 0 saturated carbocycles. The fourth-order valence-corrected chi connectivity index (χ4v) is 2.73. The number of benzene rings is 1. The smallest absolute Gasteiger partial charge is 0.308 e. The van der Waals surface area contributed by atoms with Crippen molar-refractivity contribution in [3.05, 3.63) is 35.5 Å². The molecule has 1 saturated heterocycles. The van der Waals surface area contributed by atoms with Gasteiger partial charge in [0, 0.05) is 35.4 Å². The van der Waals surface area contributed by atoms with Crippen molar-refractivity contribution in [3.8, 4) is 0 Å². The van der Waals surface area contributed by atoms with Crippen LogP contribution >= 0.6 is 11.6 Å². The largest absolute Gasteiger partial charge is 0.481 e. The average Bonchev–Trinajstić information content (AvgIpc) is 2.87. The Hall–Kier alpha value is -1.81. The van der Waals surface area contributed by atoms with Gasteiger partial charge in [0.2, 0.25) is 0 Å². The third kappa shape index (κ3) is 2.24. The minimum Gasteiger partial charge on any atom is -0.481 e. The van der Waals surface area contributed by atoms with Gasteiger partial charge in [0.1, 0.15) is 0 Å². The summed E-state index contributed by atoms with van der Waals surface area (Å²) in [5.74, 6) is -1.00. The van der Waals surface area contributed by atoms with E-state index in [0.29, 0.717) is 18.0 Å². The third-order valence-corrected chi connectivity index (χ3v) is 3.80. The molecule has 3 rings (SSSR count). The molecule has 1 aromatic heterocycles. The third-order valence-electron chi connectivity index (χ3n) is 3.56. The second-order valence-electron chi connectivity index (χ2n) is 4.76. The summed E-state index contributed by atoms with van der Waals surface area (Å²) in [6.45, 7) is 1.32. The highest BCUT2D eigenvalue weighted by Crippen LogP contribution is 2.31. The Balaban J connectivity index is 2.00. The van der Waals surface area contributed by atoms with Crippen molar-refractivity contribution in [3.63, 3.8) is 0 Å². The maximum absolute atomic E-state index is 11.0. The van der Waals surface area contributed by atoms with Gasteiger partial charge in [-0.2, -0.15) is 0 Å². The van der Waals surface area contributed by atoms with Crippen molar-refractivity contribution < 1.29 is 9.90 Å². The molecule has 4 nitrogen and oxygen atoms in total. The number of nitrogens with zero attached hydrogens (tertiary/aromatic N) is 2. The lowest BCUT2D eigenvalue weighted by molar-refractivity contribution is -0.140. The molecule has 0 bridgehead atoms. The van der Waals surface area contributed by atoms with Crippen LogP contribution in [0.25, 0.3) is 10.9 Å². The van der Waals surface area contributed by atoms with E-state index in [1.54, 1.807) is 6.20 Å². The normalized spacial score (nSPS) is 19.0. The molecular weight excluding hydrogens is 264 g/mol. The highest BCUT2D eigenvalue weighted by molar-refractivity contribution is 6.31. The molecule has 98 valence electrons. The van der Waals surface area contributed by atoms with Gasteiger partial charge in [-0.05, 0) is 30.7 Å². The number of hydrogen-bond acceptors (Lipinski definition) is 3. The van der Waals surface area contributed by atoms with Crippen LogP contribution in [0.3, 0.4) is 0 Å². The first-order valence-corrected chi connectivity index (χ1v) is 6.55. The van der Waals surface area contributed by atoms with Crippen LogP contribution in [0.1, 0.15) is 6.42 Å². The number of aliphatic carboxylic acids is 1. The Kier molecular flexibility index (Phi) is 3.03. The van der Waals surface area contributed by atoms with Gasteiger partial charge in [-0.25, -0.2) is 0 Å². The van der Waals surface area contributed by atoms with E-state index in [1.807, 2.05) is 24.3 Å². The molecule has 1 fully saturated rings. The molecule has 5 heteroatoms. The van der Waals surface area contributed by atoms with Gasteiger partial charge >= 0.3 is 5.97 Å². The first kappa shape index (κ1) is 12.2. The fourth-order valence-electron chi connectivity index (χ4n) is 2.56. The molecule has 1 unspecified atom stereocenters. The molecule has 2 aromatic rings. The lowest BCUT2D eigenvalue weighted by Crippen LogP contribution is -2.22. The summed E-state index contributed by atoms with van der Waals surface area (Å²) in [5, 5.41) is 10.7. The van der Waals surface area contributed by atoms with Gasteiger partial charge in [-0.1, -0.05) is 11.6 Å². The summed E-state index contributed by atoms with van der Waals surface area (Å²) in [4.78, 5) is 17.4. The van der Waals surface area contributed by atoms with Crippen LogP contribution in [0.5, 0.6) is 0 Å². The lowest BCUT2D eigenvalue weighted by Gasteiger charge is -2.19. The standard InChI is InChI=1S/C14H13ClN2O2/c15-10-1-2-11-12(7-10)16-5-3-13(11)17-6-4-9(8-17)14(18)19/h1-3,5,7,9H,4,6,8H2,(H,18,19). The Morgan fingerprint density at radius 1 is 1.42 bits per heavy atom. The van der Waals surface area contributed by atoms with Crippen molar-refractivity contribution in [2.75, 3.05) is 18.0 Å². The highest BCUT2D eigenvalue weighted by atomic mass is 35.5. The van der Waals surface area contributed by atoms with Gasteiger partial charge in [-0.3, -0.25) is 9.78 Å². The van der Waals surface area contributed by atoms with Crippen molar-refractivity contribution in [1.29, 1.82) is 0 Å². The molecule has 0 radical (unpaired) electrons. The number of fused-ring (bicyclic) bond motifs is 1. The molecule has 0 spiro atoms. The second-order valence-corrected chi connectivity index (χ2v) is 5.20. The van der Waals surface area contributed by atoms with E-state index in [2.05, 4.69) is 9.88 Å². The van der Waals surface area contributed by atoms with Crippen LogP contribution in [0.15, 0.2) is 30.5 Å². The Morgan fingerprint density at radius 3 is 3.00 bits per heavy atom. The maximum atomic E-state index is 11.0. The molecule has 0 aliphatic carbocycles. The Bertz CT molecular complexity index is 644. The number of anilines is 1. The van der Waals surface area contributed by atoms with Crippen LogP contribution in [0.4, 0.5) is 5.69 Å². The summed E-state index contributed by atoms with van der Waals surface area (Å²) in [7, 11) is 0. The maximum Gasteiger partial charge on any atom is 0.308 e. The zero-order valence-corrected chi connectivity index (χ0v) is 11.0. The topological polar surface area (TPSA) is 53.4 Å². The predicted molar refractivity (Wildman–Crippen MR) is 74.7 cm³/mol. The highest BCUT2D eigenvalue weighted by Gasteiger charge is 2.28. The molecule has 0 amide bonds. The van der Waals surface area contributed by atoms with Crippen LogP contribution in [-0.4, -0.2) is 29.1 Å². The molecule has 2 heterocycles. The molecule has 1 aromatic carbocycles. The summed E-state index contributed by atoms with van der Waals surface area (Å²) in [5.41, 5.74) is 1.87. The van der Waals surface area contributed by atoms with Crippen LogP contribution in [-0.2, 0) is 4.79 Å². The number of aromatic nitrogens is 1. The summed E-state index contributed by atoms with van der Waals surface area (Å²) in [6.07, 6.45) is 2.43. The minimum atomic E-state index is -0.719. The molecular formula is C14H13ClN2O2. The Labute approximate surface area is 115 Å². The van der Waals surface area contributed by atoms with Gasteiger partial charge in [0.25, 0.3) is 0 Å². The zero-order chi connectivity index (χ0) is 13.4. The Morgan fingerprint density at radius 2 is 2.26 bits per heavy atom. The summed E-state index contributed by atoms with van der Waals surface area (Å²) in [6, 6.07) is 7.53. The van der Waals surface area contributed by atoms with Gasteiger partial charge in [-0.15, -0.1) is 0 Å². The first-order valence-electron chi connectivity index (χ1n) is 6.17. The predicted octanol–water partition coefficient (Wildman–Crippen LogP) is 2.80. The number of carboxylic acids is 1. The average molecular weight is 277 g/mol.